The van der Waals surface area contributed by atoms with Crippen LogP contribution >= 0.6 is 10.3 Å². The minimum Gasteiger partial charge on any atom is -0.202 e. The quantitative estimate of drug-likeness (QED) is 0.123. The molecule has 0 aliphatic rings. The first-order valence-corrected chi connectivity index (χ1v) is 18.8. The average molecular weight is 791 g/mol. The van der Waals surface area contributed by atoms with Gasteiger partial charge in [-0.2, -0.15) is 47.9 Å². The van der Waals surface area contributed by atoms with Gasteiger partial charge in [0.25, 0.3) is 0 Å². The van der Waals surface area contributed by atoms with Gasteiger partial charge in [0.15, 0.2) is 0 Å². The van der Waals surface area contributed by atoms with Crippen LogP contribution in [0.2, 0.25) is 0 Å². The molecule has 0 atom stereocenters. The summed E-state index contributed by atoms with van der Waals surface area (Å²) in [4.78, 5) is -0.563. The molecule has 3 nitrogen and oxygen atoms in total. The molecule has 6 aromatic carbocycles. The highest BCUT2D eigenvalue weighted by atomic mass is 32.3. The number of hydrogen-bond donors (Lipinski definition) is 0. The smallest absolute Gasteiger partial charge is 0.202 e. The first kappa shape index (κ1) is 38.7. The first-order valence-electron chi connectivity index (χ1n) is 15.9. The van der Waals surface area contributed by atoms with Crippen LogP contribution in [-0.2, 0) is 13.7 Å². The molecule has 6 aromatic rings. The van der Waals surface area contributed by atoms with Crippen molar-refractivity contribution in [3.8, 4) is 33.4 Å². The Hall–Kier alpha value is -5.05. The molecule has 0 saturated carbocycles. The maximum Gasteiger partial charge on any atom is 0.460 e. The van der Waals surface area contributed by atoms with Crippen molar-refractivity contribution in [2.45, 2.75) is 38.0 Å². The van der Waals surface area contributed by atoms with E-state index in [4.69, 9.17) is 3.63 Å². The monoisotopic (exact) mass is 790 g/mol. The Morgan fingerprint density at radius 2 is 0.611 bits per heavy atom. The molecule has 280 valence electrons. The second kappa shape index (κ2) is 14.3. The van der Waals surface area contributed by atoms with Gasteiger partial charge in [0.1, 0.15) is 0 Å². The Morgan fingerprint density at radius 1 is 0.352 bits per heavy atom. The van der Waals surface area contributed by atoms with Gasteiger partial charge in [-0.05, 0) is 80.1 Å². The van der Waals surface area contributed by atoms with Crippen LogP contribution in [0.5, 0.6) is 0 Å². The van der Waals surface area contributed by atoms with Crippen molar-refractivity contribution < 1.29 is 51.6 Å². The maximum atomic E-state index is 15.5. The van der Waals surface area contributed by atoms with E-state index in [2.05, 4.69) is 0 Å². The molecule has 0 heterocycles. The van der Waals surface area contributed by atoms with Crippen LogP contribution in [-0.4, -0.2) is 31.7 Å². The van der Waals surface area contributed by atoms with Crippen molar-refractivity contribution in [2.24, 2.45) is 0 Å². The zero-order valence-electron chi connectivity index (χ0n) is 27.5. The van der Waals surface area contributed by atoms with E-state index in [1.165, 1.54) is 72.8 Å². The minimum absolute atomic E-state index is 0.188. The molecule has 0 aliphatic carbocycles. The Labute approximate surface area is 306 Å². The molecule has 0 radical (unpaired) electrons. The molecule has 0 N–H and O–H groups in total. The fourth-order valence-corrected chi connectivity index (χ4v) is 10.8. The Kier molecular flexibility index (Phi) is 10.2. The third kappa shape index (κ3) is 6.78. The lowest BCUT2D eigenvalue weighted by atomic mass is 10.1. The lowest BCUT2D eigenvalue weighted by Gasteiger charge is -2.41. The van der Waals surface area contributed by atoms with E-state index in [1.54, 1.807) is 91.0 Å². The van der Waals surface area contributed by atoms with E-state index >= 15 is 8.78 Å². The van der Waals surface area contributed by atoms with Crippen LogP contribution in [0.25, 0.3) is 33.4 Å². The van der Waals surface area contributed by atoms with Crippen LogP contribution in [0.3, 0.4) is 0 Å². The largest absolute Gasteiger partial charge is 0.460 e. The summed E-state index contributed by atoms with van der Waals surface area (Å²) >= 11 is 0. The topological polar surface area (TPSA) is 43.4 Å². The molecule has 0 aromatic heterocycles. The molecule has 0 unspecified atom stereocenters. The average Bonchev–Trinajstić information content (AvgIpc) is 3.17. The molecule has 6 rings (SSSR count). The second-order valence-electron chi connectivity index (χ2n) is 11.9. The number of rotatable bonds is 11. The molecule has 0 aliphatic heterocycles. The molecule has 0 spiro atoms. The Bertz CT molecular complexity index is 2100. The van der Waals surface area contributed by atoms with Gasteiger partial charge in [0, 0.05) is 14.7 Å². The van der Waals surface area contributed by atoms with Crippen molar-refractivity contribution in [1.82, 2.24) is 0 Å². The predicted molar refractivity (Wildman–Crippen MR) is 189 cm³/mol. The Morgan fingerprint density at radius 3 is 0.870 bits per heavy atom. The number of halogens is 9. The number of benzene rings is 6. The van der Waals surface area contributed by atoms with Crippen molar-refractivity contribution in [3.05, 3.63) is 164 Å². The van der Waals surface area contributed by atoms with Gasteiger partial charge in [0.2, 0.25) is 0 Å². The SMILES string of the molecule is O=S(=O)(OS(c1ccc(-c2ccccc2)cc1)(c1ccc(-c2ccccc2)cc1)c1ccc(-c2ccccc2)cc1)C(F)(F)C(F)(F)C(F)(F)C(F)(F)F. The molecular formula is C40H27F9O3S2. The number of hydrogen-bond acceptors (Lipinski definition) is 3. The van der Waals surface area contributed by atoms with Crippen molar-refractivity contribution in [1.29, 1.82) is 0 Å². The van der Waals surface area contributed by atoms with Gasteiger partial charge in [0.05, 0.1) is 0 Å². The highest BCUT2D eigenvalue weighted by Gasteiger charge is 2.86. The summed E-state index contributed by atoms with van der Waals surface area (Å²) in [7, 11) is -11.6. The molecule has 54 heavy (non-hydrogen) atoms. The van der Waals surface area contributed by atoms with Gasteiger partial charge in [-0.1, -0.05) is 127 Å². The Balaban J connectivity index is 1.61. The van der Waals surface area contributed by atoms with Gasteiger partial charge in [-0.25, -0.2) is 3.63 Å². The van der Waals surface area contributed by atoms with Crippen LogP contribution in [0.4, 0.5) is 39.5 Å². The molecule has 0 bridgehead atoms. The van der Waals surface area contributed by atoms with Crippen molar-refractivity contribution in [2.75, 3.05) is 0 Å². The predicted octanol–water partition coefficient (Wildman–Crippen LogP) is 12.7. The summed E-state index contributed by atoms with van der Waals surface area (Å²) in [5, 5.41) is -7.10. The molecule has 0 saturated heterocycles. The molecule has 0 amide bonds. The highest BCUT2D eigenvalue weighted by Crippen LogP contribution is 2.71. The fraction of sp³-hybridized carbons (Fsp3) is 0.100. The standard InChI is InChI=1S/C40H27F9O3S2/c41-37(42,39(45,46)47)38(43,44)40(48,49)54(50,51)52-53(34-22-16-31(17-23-34)28-10-4-1-5-11-28,35-24-18-32(19-25-35)29-12-6-2-7-13-29)36-26-20-33(21-27-36)30-14-8-3-9-15-30/h1-27H. The van der Waals surface area contributed by atoms with E-state index in [1.807, 2.05) is 0 Å². The van der Waals surface area contributed by atoms with E-state index in [0.29, 0.717) is 33.4 Å². The summed E-state index contributed by atoms with van der Waals surface area (Å²) in [6, 6.07) is 42.7. The molecule has 0 fully saturated rings. The van der Waals surface area contributed by atoms with Crippen LogP contribution in [0, 0.1) is 0 Å². The zero-order valence-corrected chi connectivity index (χ0v) is 29.2. The first-order chi connectivity index (χ1) is 25.4. The zero-order chi connectivity index (χ0) is 39.0. The number of alkyl halides is 9. The normalized spacial score (nSPS) is 13.4. The fourth-order valence-electron chi connectivity index (χ4n) is 5.63. The van der Waals surface area contributed by atoms with Crippen LogP contribution < -0.4 is 0 Å². The maximum absolute atomic E-state index is 15.5. The third-order valence-electron chi connectivity index (χ3n) is 8.50. The molecular weight excluding hydrogens is 764 g/mol. The lowest BCUT2D eigenvalue weighted by molar-refractivity contribution is -0.382. The summed E-state index contributed by atoms with van der Waals surface area (Å²) in [6.45, 7) is 0. The van der Waals surface area contributed by atoms with E-state index in [0.717, 1.165) is 0 Å². The highest BCUT2D eigenvalue weighted by molar-refractivity contribution is 8.33. The minimum atomic E-state index is -7.51. The van der Waals surface area contributed by atoms with Crippen LogP contribution in [0.15, 0.2) is 178 Å². The second-order valence-corrected chi connectivity index (χ2v) is 16.4. The summed E-state index contributed by atoms with van der Waals surface area (Å²) in [5.74, 6) is -15.0. The van der Waals surface area contributed by atoms with Gasteiger partial charge in [-0.15, -0.1) is 0 Å². The van der Waals surface area contributed by atoms with E-state index in [-0.39, 0.29) is 14.7 Å². The summed E-state index contributed by atoms with van der Waals surface area (Å²) in [5.41, 5.74) is 3.69. The molecule has 14 heteroatoms. The van der Waals surface area contributed by atoms with Crippen molar-refractivity contribution in [3.63, 3.8) is 0 Å². The van der Waals surface area contributed by atoms with Crippen LogP contribution in [0.1, 0.15) is 0 Å². The summed E-state index contributed by atoms with van der Waals surface area (Å²) < 4.78 is 160. The third-order valence-corrected chi connectivity index (χ3v) is 13.7. The summed E-state index contributed by atoms with van der Waals surface area (Å²) in [6.07, 6.45) is -7.26. The lowest BCUT2D eigenvalue weighted by Crippen LogP contribution is -2.63. The van der Waals surface area contributed by atoms with Gasteiger partial charge >= 0.3 is 33.4 Å². The van der Waals surface area contributed by atoms with Crippen molar-refractivity contribution >= 4 is 20.4 Å². The van der Waals surface area contributed by atoms with E-state index < -0.39 is 43.7 Å². The van der Waals surface area contributed by atoms with E-state index in [9.17, 15) is 39.2 Å². The van der Waals surface area contributed by atoms with Gasteiger partial charge in [-0.3, -0.25) is 0 Å². The van der Waals surface area contributed by atoms with Gasteiger partial charge < -0.3 is 0 Å².